The fourth-order valence-corrected chi connectivity index (χ4v) is 9.87. The van der Waals surface area contributed by atoms with Crippen LogP contribution in [-0.4, -0.2) is 16.2 Å². The molecule has 0 saturated carbocycles. The molecule has 2 aromatic heterocycles. The Morgan fingerprint density at radius 2 is 0.985 bits per heavy atom. The third-order valence-electron chi connectivity index (χ3n) is 13.6. The van der Waals surface area contributed by atoms with Gasteiger partial charge in [0, 0.05) is 68.1 Å². The van der Waals surface area contributed by atoms with Crippen molar-refractivity contribution in [2.75, 3.05) is 16.5 Å². The Balaban J connectivity index is 1.36. The summed E-state index contributed by atoms with van der Waals surface area (Å²) in [6, 6.07) is 44.7. The first kappa shape index (κ1) is 46.7. The highest BCUT2D eigenvalue weighted by atomic mass is 16.5. The van der Waals surface area contributed by atoms with Crippen molar-refractivity contribution in [1.82, 2.24) is 9.55 Å². The zero-order chi connectivity index (χ0) is 47.9. The van der Waals surface area contributed by atoms with Gasteiger partial charge in [0.2, 0.25) is 0 Å². The monoisotopic (exact) mass is 879 g/mol. The van der Waals surface area contributed by atoms with E-state index in [0.29, 0.717) is 6.67 Å². The Kier molecular flexibility index (Phi) is 11.5. The van der Waals surface area contributed by atoms with Gasteiger partial charge in [0.25, 0.3) is 0 Å². The molecule has 8 rings (SSSR count). The summed E-state index contributed by atoms with van der Waals surface area (Å²) in [6.07, 6.45) is 1.96. The minimum absolute atomic E-state index is 0.0295. The SMILES string of the molecule is CC(C)(C)C1=C(C(C)(C)C)N(c2cc(Oc3cc(C(C)(C)c4ccccc4)c4c5ccccc5n(-c5cc(C(C)(C)C)ccn5)c4c3)cc(C(C)(C)C)c2)CN1c1cccc(C(C)(C)C)c1. The van der Waals surface area contributed by atoms with Gasteiger partial charge in [0.05, 0.1) is 17.7 Å². The van der Waals surface area contributed by atoms with Crippen LogP contribution < -0.4 is 14.5 Å². The predicted octanol–water partition coefficient (Wildman–Crippen LogP) is 16.8. The van der Waals surface area contributed by atoms with E-state index in [1.165, 1.54) is 55.7 Å². The number of pyridine rings is 1. The van der Waals surface area contributed by atoms with Crippen molar-refractivity contribution in [3.05, 3.63) is 167 Å². The van der Waals surface area contributed by atoms with Crippen molar-refractivity contribution >= 4 is 33.2 Å². The van der Waals surface area contributed by atoms with Gasteiger partial charge in [0.15, 0.2) is 0 Å². The number of allylic oxidation sites excluding steroid dienone is 2. The Morgan fingerprint density at radius 1 is 0.439 bits per heavy atom. The molecule has 0 atom stereocenters. The second kappa shape index (κ2) is 16.2. The van der Waals surface area contributed by atoms with Gasteiger partial charge < -0.3 is 14.5 Å². The second-order valence-corrected chi connectivity index (χ2v) is 24.4. The number of para-hydroxylation sites is 1. The summed E-state index contributed by atoms with van der Waals surface area (Å²) >= 11 is 0. The van der Waals surface area contributed by atoms with Gasteiger partial charge in [-0.3, -0.25) is 4.57 Å². The normalized spacial score (nSPS) is 14.6. The molecule has 0 saturated heterocycles. The molecule has 0 radical (unpaired) electrons. The van der Waals surface area contributed by atoms with Crippen molar-refractivity contribution in [1.29, 1.82) is 0 Å². The molecule has 0 amide bonds. The van der Waals surface area contributed by atoms with E-state index in [2.05, 4.69) is 253 Å². The highest BCUT2D eigenvalue weighted by Gasteiger charge is 2.42. The summed E-state index contributed by atoms with van der Waals surface area (Å²) < 4.78 is 9.69. The minimum atomic E-state index is -0.369. The maximum absolute atomic E-state index is 7.35. The largest absolute Gasteiger partial charge is 0.457 e. The molecule has 3 heterocycles. The van der Waals surface area contributed by atoms with Crippen LogP contribution in [0, 0.1) is 10.8 Å². The predicted molar refractivity (Wildman–Crippen MR) is 282 cm³/mol. The fraction of sp³-hybridized carbons (Fsp3) is 0.393. The average molecular weight is 879 g/mol. The molecule has 5 heteroatoms. The van der Waals surface area contributed by atoms with E-state index in [4.69, 9.17) is 9.72 Å². The van der Waals surface area contributed by atoms with Gasteiger partial charge in [-0.1, -0.05) is 178 Å². The first-order valence-electron chi connectivity index (χ1n) is 24.0. The lowest BCUT2D eigenvalue weighted by atomic mass is 9.76. The van der Waals surface area contributed by atoms with Crippen molar-refractivity contribution in [3.63, 3.8) is 0 Å². The Labute approximate surface area is 396 Å². The van der Waals surface area contributed by atoms with E-state index in [1.807, 2.05) is 6.20 Å². The van der Waals surface area contributed by atoms with E-state index < -0.39 is 0 Å². The van der Waals surface area contributed by atoms with Crippen LogP contribution >= 0.6 is 0 Å². The van der Waals surface area contributed by atoms with Crippen LogP contribution in [0.1, 0.15) is 146 Å². The Hall–Kier alpha value is -5.81. The van der Waals surface area contributed by atoms with E-state index in [-0.39, 0.29) is 32.5 Å². The van der Waals surface area contributed by atoms with E-state index >= 15 is 0 Å². The molecule has 5 aromatic carbocycles. The van der Waals surface area contributed by atoms with Gasteiger partial charge in [-0.15, -0.1) is 0 Å². The highest BCUT2D eigenvalue weighted by Crippen LogP contribution is 2.50. The highest BCUT2D eigenvalue weighted by molar-refractivity contribution is 6.11. The van der Waals surface area contributed by atoms with Crippen LogP contribution in [0.3, 0.4) is 0 Å². The maximum atomic E-state index is 7.35. The molecule has 5 nitrogen and oxygen atoms in total. The average Bonchev–Trinajstić information content (AvgIpc) is 3.81. The number of rotatable bonds is 7. The zero-order valence-electron chi connectivity index (χ0n) is 43.0. The summed E-state index contributed by atoms with van der Waals surface area (Å²) in [4.78, 5) is 10.2. The molecule has 0 bridgehead atoms. The molecule has 1 aliphatic rings. The Morgan fingerprint density at radius 3 is 1.61 bits per heavy atom. The second-order valence-electron chi connectivity index (χ2n) is 24.4. The van der Waals surface area contributed by atoms with Crippen molar-refractivity contribution < 1.29 is 4.74 Å². The standard InChI is InChI=1S/C61H74N4O/c1-56(2,3)41-26-23-27-44(32-41)63-39-64(55(60(13,14)15)54(63)59(10,11)12)45-33-43(58(7,8)9)34-46(36-45)66-47-37-49(61(16,17)40-24-19-18-20-25-40)53-48-28-21-22-29-50(48)65(51(53)38-47)52-35-42(30-31-62-52)57(4,5)6/h18-38H,39H2,1-17H3. The lowest BCUT2D eigenvalue weighted by molar-refractivity contribution is 0.444. The summed E-state index contributed by atoms with van der Waals surface area (Å²) in [5.74, 6) is 2.50. The molecule has 0 spiro atoms. The topological polar surface area (TPSA) is 33.5 Å². The van der Waals surface area contributed by atoms with Gasteiger partial charge in [0.1, 0.15) is 17.3 Å². The molecule has 344 valence electrons. The van der Waals surface area contributed by atoms with Crippen molar-refractivity contribution in [3.8, 4) is 17.3 Å². The molecule has 0 aliphatic carbocycles. The molecule has 66 heavy (non-hydrogen) atoms. The number of anilines is 2. The molecule has 0 N–H and O–H groups in total. The lowest BCUT2D eigenvalue weighted by Crippen LogP contribution is -2.31. The minimum Gasteiger partial charge on any atom is -0.457 e. The molecule has 0 unspecified atom stereocenters. The third-order valence-corrected chi connectivity index (χ3v) is 13.6. The quantitative estimate of drug-likeness (QED) is 0.160. The molecule has 0 fully saturated rings. The third kappa shape index (κ3) is 8.78. The number of nitrogens with zero attached hydrogens (tertiary/aromatic N) is 4. The number of benzene rings is 5. The smallest absolute Gasteiger partial charge is 0.137 e. The summed E-state index contributed by atoms with van der Waals surface area (Å²) in [5.41, 5.74) is 12.6. The van der Waals surface area contributed by atoms with Gasteiger partial charge in [-0.25, -0.2) is 4.98 Å². The van der Waals surface area contributed by atoms with Crippen LogP contribution in [0.2, 0.25) is 0 Å². The molecule has 1 aliphatic heterocycles. The van der Waals surface area contributed by atoms with E-state index in [9.17, 15) is 0 Å². The first-order chi connectivity index (χ1) is 30.6. The van der Waals surface area contributed by atoms with Gasteiger partial charge in [-0.2, -0.15) is 0 Å². The Bertz CT molecular complexity index is 2970. The number of hydrogen-bond donors (Lipinski definition) is 0. The number of fused-ring (bicyclic) bond motifs is 3. The number of ether oxygens (including phenoxy) is 1. The van der Waals surface area contributed by atoms with Crippen LogP contribution in [0.5, 0.6) is 11.5 Å². The van der Waals surface area contributed by atoms with Crippen LogP contribution in [0.4, 0.5) is 11.4 Å². The van der Waals surface area contributed by atoms with E-state index in [1.54, 1.807) is 0 Å². The number of aromatic nitrogens is 2. The van der Waals surface area contributed by atoms with Crippen molar-refractivity contribution in [2.45, 2.75) is 139 Å². The van der Waals surface area contributed by atoms with Crippen LogP contribution in [0.15, 0.2) is 139 Å². The van der Waals surface area contributed by atoms with Crippen LogP contribution in [-0.2, 0) is 21.7 Å². The summed E-state index contributed by atoms with van der Waals surface area (Å²) in [5, 5.41) is 2.40. The lowest BCUT2D eigenvalue weighted by Gasteiger charge is -2.34. The van der Waals surface area contributed by atoms with Gasteiger partial charge in [-0.05, 0) is 92.6 Å². The van der Waals surface area contributed by atoms with E-state index in [0.717, 1.165) is 34.0 Å². The van der Waals surface area contributed by atoms with Gasteiger partial charge >= 0.3 is 0 Å². The zero-order valence-corrected chi connectivity index (χ0v) is 43.0. The molecular formula is C61H74N4O. The summed E-state index contributed by atoms with van der Waals surface area (Å²) in [6.45, 7) is 40.1. The fourth-order valence-electron chi connectivity index (χ4n) is 9.87. The molecule has 7 aromatic rings. The summed E-state index contributed by atoms with van der Waals surface area (Å²) in [7, 11) is 0. The maximum Gasteiger partial charge on any atom is 0.137 e. The number of hydrogen-bond acceptors (Lipinski definition) is 4. The van der Waals surface area contributed by atoms with Crippen molar-refractivity contribution in [2.24, 2.45) is 10.8 Å². The van der Waals surface area contributed by atoms with Crippen LogP contribution in [0.25, 0.3) is 27.6 Å². The molecular weight excluding hydrogens is 805 g/mol. The first-order valence-corrected chi connectivity index (χ1v) is 24.0.